The third-order valence-electron chi connectivity index (χ3n) is 6.61. The summed E-state index contributed by atoms with van der Waals surface area (Å²) in [5.41, 5.74) is 3.93. The molecule has 1 saturated heterocycles. The van der Waals surface area contributed by atoms with E-state index in [9.17, 15) is 4.39 Å². The summed E-state index contributed by atoms with van der Waals surface area (Å²) in [6.07, 6.45) is 2.98. The lowest BCUT2D eigenvalue weighted by Gasteiger charge is -2.32. The number of fused-ring (bicyclic) bond motifs is 1. The van der Waals surface area contributed by atoms with E-state index < -0.39 is 0 Å². The van der Waals surface area contributed by atoms with Crippen LogP contribution in [0.3, 0.4) is 0 Å². The van der Waals surface area contributed by atoms with Crippen molar-refractivity contribution in [2.45, 2.75) is 38.2 Å². The molecule has 3 aromatic carbocycles. The summed E-state index contributed by atoms with van der Waals surface area (Å²) in [4.78, 5) is 2.51. The summed E-state index contributed by atoms with van der Waals surface area (Å²) in [5.74, 6) is 0.963. The molecule has 5 rings (SSSR count). The molecule has 4 aromatic rings. The molecule has 1 atom stereocenters. The largest absolute Gasteiger partial charge is 0.486 e. The van der Waals surface area contributed by atoms with E-state index in [0.29, 0.717) is 11.5 Å². The summed E-state index contributed by atoms with van der Waals surface area (Å²) >= 11 is 0. The Morgan fingerprint density at radius 1 is 1.03 bits per heavy atom. The maximum atomic E-state index is 13.5. The van der Waals surface area contributed by atoms with Gasteiger partial charge in [-0.25, -0.2) is 4.39 Å². The lowest BCUT2D eigenvalue weighted by atomic mass is 9.91. The molecule has 1 fully saturated rings. The van der Waals surface area contributed by atoms with Crippen LogP contribution in [-0.4, -0.2) is 29.7 Å². The number of rotatable bonds is 7. The van der Waals surface area contributed by atoms with Crippen LogP contribution in [0.2, 0.25) is 0 Å². The fourth-order valence-electron chi connectivity index (χ4n) is 4.70. The van der Waals surface area contributed by atoms with Gasteiger partial charge in [0.15, 0.2) is 5.58 Å². The Hall–Kier alpha value is -3.18. The van der Waals surface area contributed by atoms with Crippen LogP contribution in [0.15, 0.2) is 77.3 Å². The Morgan fingerprint density at radius 2 is 1.79 bits per heavy atom. The van der Waals surface area contributed by atoms with Crippen LogP contribution in [0.5, 0.6) is 5.75 Å². The van der Waals surface area contributed by atoms with E-state index in [2.05, 4.69) is 53.4 Å². The highest BCUT2D eigenvalue weighted by Crippen LogP contribution is 2.33. The molecule has 1 aromatic heterocycles. The van der Waals surface area contributed by atoms with Crippen LogP contribution in [0.4, 0.5) is 4.39 Å². The second-order valence-corrected chi connectivity index (χ2v) is 8.94. The van der Waals surface area contributed by atoms with Crippen molar-refractivity contribution in [3.05, 3.63) is 95.4 Å². The number of aromatic nitrogens is 1. The first-order valence-corrected chi connectivity index (χ1v) is 11.7. The van der Waals surface area contributed by atoms with Gasteiger partial charge >= 0.3 is 0 Å². The van der Waals surface area contributed by atoms with E-state index in [1.54, 1.807) is 6.07 Å². The molecule has 0 aliphatic carbocycles. The third kappa shape index (κ3) is 5.09. The van der Waals surface area contributed by atoms with Crippen LogP contribution in [0.1, 0.15) is 48.1 Å². The number of likely N-dealkylation sites (tertiary alicyclic amines) is 1. The van der Waals surface area contributed by atoms with E-state index in [-0.39, 0.29) is 11.9 Å². The van der Waals surface area contributed by atoms with Gasteiger partial charge in [0, 0.05) is 30.3 Å². The molecule has 5 heteroatoms. The highest BCUT2D eigenvalue weighted by molar-refractivity contribution is 5.79. The van der Waals surface area contributed by atoms with Gasteiger partial charge in [-0.05, 0) is 62.7 Å². The van der Waals surface area contributed by atoms with Gasteiger partial charge in [-0.1, -0.05) is 53.2 Å². The standard InChI is InChI=1S/C28H29FN2O2/c1-20-7-10-24(11-8-20)32-26(21-5-3-2-4-6-21)15-18-31-16-13-22(14-17-31)28-25-12-9-23(29)19-27(25)33-30-28/h2-12,19,22,26H,13-18H2,1H3. The van der Waals surface area contributed by atoms with Crippen molar-refractivity contribution in [3.63, 3.8) is 0 Å². The topological polar surface area (TPSA) is 38.5 Å². The number of piperidine rings is 1. The normalized spacial score (nSPS) is 16.2. The van der Waals surface area contributed by atoms with Crippen molar-refractivity contribution in [2.24, 2.45) is 0 Å². The molecular weight excluding hydrogens is 415 g/mol. The van der Waals surface area contributed by atoms with Crippen LogP contribution in [0.25, 0.3) is 11.0 Å². The van der Waals surface area contributed by atoms with Crippen LogP contribution in [0, 0.1) is 12.7 Å². The van der Waals surface area contributed by atoms with Crippen LogP contribution >= 0.6 is 0 Å². The predicted octanol–water partition coefficient (Wildman–Crippen LogP) is 6.67. The van der Waals surface area contributed by atoms with Gasteiger partial charge in [0.05, 0.1) is 5.69 Å². The summed E-state index contributed by atoms with van der Waals surface area (Å²) in [6, 6.07) is 23.4. The minimum atomic E-state index is -0.291. The molecule has 33 heavy (non-hydrogen) atoms. The molecule has 2 heterocycles. The first kappa shape index (κ1) is 21.7. The second kappa shape index (κ2) is 9.75. The fourth-order valence-corrected chi connectivity index (χ4v) is 4.70. The van der Waals surface area contributed by atoms with Gasteiger partial charge in [-0.2, -0.15) is 0 Å². The Balaban J connectivity index is 1.21. The lowest BCUT2D eigenvalue weighted by molar-refractivity contribution is 0.147. The highest BCUT2D eigenvalue weighted by atomic mass is 19.1. The summed E-state index contributed by atoms with van der Waals surface area (Å²) in [6.45, 7) is 5.07. The monoisotopic (exact) mass is 444 g/mol. The van der Waals surface area contributed by atoms with Gasteiger partial charge in [-0.15, -0.1) is 0 Å². The van der Waals surface area contributed by atoms with E-state index in [1.165, 1.54) is 23.3 Å². The Morgan fingerprint density at radius 3 is 2.55 bits per heavy atom. The van der Waals surface area contributed by atoms with Gasteiger partial charge in [0.1, 0.15) is 17.7 Å². The lowest BCUT2D eigenvalue weighted by Crippen LogP contribution is -2.34. The molecule has 4 nitrogen and oxygen atoms in total. The maximum absolute atomic E-state index is 13.5. The first-order chi connectivity index (χ1) is 16.2. The number of hydrogen-bond acceptors (Lipinski definition) is 4. The quantitative estimate of drug-likeness (QED) is 0.319. The number of ether oxygens (including phenoxy) is 1. The zero-order valence-electron chi connectivity index (χ0n) is 18.9. The molecule has 0 amide bonds. The van der Waals surface area contributed by atoms with Gasteiger partial charge < -0.3 is 14.2 Å². The SMILES string of the molecule is Cc1ccc(OC(CCN2CCC(c3noc4cc(F)ccc34)CC2)c2ccccc2)cc1. The van der Waals surface area contributed by atoms with Gasteiger partial charge in [-0.3, -0.25) is 0 Å². The van der Waals surface area contributed by atoms with Crippen molar-refractivity contribution in [1.29, 1.82) is 0 Å². The minimum absolute atomic E-state index is 0.0148. The zero-order chi connectivity index (χ0) is 22.6. The number of aryl methyl sites for hydroxylation is 1. The van der Waals surface area contributed by atoms with Crippen molar-refractivity contribution in [1.82, 2.24) is 10.1 Å². The van der Waals surface area contributed by atoms with E-state index in [0.717, 1.165) is 55.7 Å². The molecule has 0 spiro atoms. The third-order valence-corrected chi connectivity index (χ3v) is 6.61. The number of halogens is 1. The van der Waals surface area contributed by atoms with Gasteiger partial charge in [0.2, 0.25) is 0 Å². The fraction of sp³-hybridized carbons (Fsp3) is 0.321. The maximum Gasteiger partial charge on any atom is 0.170 e. The Bertz CT molecular complexity index is 1180. The van der Waals surface area contributed by atoms with Crippen LogP contribution < -0.4 is 4.74 Å². The van der Waals surface area contributed by atoms with Crippen molar-refractivity contribution in [3.8, 4) is 5.75 Å². The smallest absolute Gasteiger partial charge is 0.170 e. The second-order valence-electron chi connectivity index (χ2n) is 8.94. The number of nitrogens with zero attached hydrogens (tertiary/aromatic N) is 2. The first-order valence-electron chi connectivity index (χ1n) is 11.7. The summed E-state index contributed by atoms with van der Waals surface area (Å²) < 4.78 is 25.2. The summed E-state index contributed by atoms with van der Waals surface area (Å²) in [7, 11) is 0. The molecule has 1 aliphatic rings. The van der Waals surface area contributed by atoms with E-state index in [1.807, 2.05) is 18.2 Å². The van der Waals surface area contributed by atoms with Crippen molar-refractivity contribution < 1.29 is 13.7 Å². The van der Waals surface area contributed by atoms with Gasteiger partial charge in [0.25, 0.3) is 0 Å². The summed E-state index contributed by atoms with van der Waals surface area (Å²) in [5, 5.41) is 5.21. The molecule has 0 N–H and O–H groups in total. The van der Waals surface area contributed by atoms with Crippen LogP contribution in [-0.2, 0) is 0 Å². The average molecular weight is 445 g/mol. The number of hydrogen-bond donors (Lipinski definition) is 0. The highest BCUT2D eigenvalue weighted by Gasteiger charge is 2.26. The average Bonchev–Trinajstić information content (AvgIpc) is 3.27. The predicted molar refractivity (Wildman–Crippen MR) is 128 cm³/mol. The minimum Gasteiger partial charge on any atom is -0.486 e. The molecule has 1 aliphatic heterocycles. The molecule has 0 radical (unpaired) electrons. The molecule has 0 saturated carbocycles. The van der Waals surface area contributed by atoms with E-state index in [4.69, 9.17) is 9.26 Å². The van der Waals surface area contributed by atoms with Crippen molar-refractivity contribution >= 4 is 11.0 Å². The van der Waals surface area contributed by atoms with Crippen molar-refractivity contribution in [2.75, 3.05) is 19.6 Å². The molecular formula is C28H29FN2O2. The number of benzene rings is 3. The molecule has 0 bridgehead atoms. The van der Waals surface area contributed by atoms with E-state index >= 15 is 0 Å². The molecule has 170 valence electrons. The Kier molecular flexibility index (Phi) is 6.40. The zero-order valence-corrected chi connectivity index (χ0v) is 18.9. The Labute approximate surface area is 194 Å². The molecule has 1 unspecified atom stereocenters.